The van der Waals surface area contributed by atoms with Gasteiger partial charge in [0.05, 0.1) is 5.75 Å². The van der Waals surface area contributed by atoms with Crippen LogP contribution in [0.1, 0.15) is 36.8 Å². The van der Waals surface area contributed by atoms with Crippen molar-refractivity contribution in [3.05, 3.63) is 35.4 Å². The van der Waals surface area contributed by atoms with Crippen LogP contribution < -0.4 is 5.32 Å². The first-order valence-corrected chi connectivity index (χ1v) is 8.83. The molecule has 1 N–H and O–H groups in total. The molecule has 1 aliphatic carbocycles. The standard InChI is InChI=1S/C15H21NO3S/c1-12-6-2-3-7-13(12)10-20(18,19)11-15(17)16-14-8-4-5-9-14/h2-3,6-7,14H,4-5,8-11H2,1H3,(H,16,17). The van der Waals surface area contributed by atoms with E-state index in [1.807, 2.05) is 25.1 Å². The molecule has 0 aromatic heterocycles. The van der Waals surface area contributed by atoms with Crippen molar-refractivity contribution in [2.45, 2.75) is 44.4 Å². The van der Waals surface area contributed by atoms with Gasteiger partial charge < -0.3 is 5.32 Å². The first-order chi connectivity index (χ1) is 9.46. The Morgan fingerprint density at radius 2 is 1.90 bits per heavy atom. The number of aryl methyl sites for hydroxylation is 1. The molecule has 5 heteroatoms. The third-order valence-electron chi connectivity index (χ3n) is 3.71. The number of benzene rings is 1. The summed E-state index contributed by atoms with van der Waals surface area (Å²) in [5, 5.41) is 2.82. The van der Waals surface area contributed by atoms with Crippen molar-refractivity contribution in [2.24, 2.45) is 0 Å². The van der Waals surface area contributed by atoms with Crippen LogP contribution in [0.5, 0.6) is 0 Å². The van der Waals surface area contributed by atoms with E-state index in [-0.39, 0.29) is 17.7 Å². The van der Waals surface area contributed by atoms with Crippen LogP contribution >= 0.6 is 0 Å². The van der Waals surface area contributed by atoms with E-state index >= 15 is 0 Å². The number of nitrogens with one attached hydrogen (secondary N) is 1. The minimum absolute atomic E-state index is 0.0717. The zero-order valence-electron chi connectivity index (χ0n) is 11.8. The van der Waals surface area contributed by atoms with Gasteiger partial charge in [-0.25, -0.2) is 8.42 Å². The van der Waals surface area contributed by atoms with E-state index in [0.29, 0.717) is 0 Å². The van der Waals surface area contributed by atoms with Gasteiger partial charge in [0.25, 0.3) is 0 Å². The van der Waals surface area contributed by atoms with Crippen LogP contribution in [-0.4, -0.2) is 26.1 Å². The summed E-state index contributed by atoms with van der Waals surface area (Å²) in [5.41, 5.74) is 1.70. The SMILES string of the molecule is Cc1ccccc1CS(=O)(=O)CC(=O)NC1CCCC1. The van der Waals surface area contributed by atoms with Crippen molar-refractivity contribution in [3.63, 3.8) is 0 Å². The maximum Gasteiger partial charge on any atom is 0.235 e. The van der Waals surface area contributed by atoms with Gasteiger partial charge in [-0.1, -0.05) is 37.1 Å². The Kier molecular flexibility index (Phi) is 4.81. The first-order valence-electron chi connectivity index (χ1n) is 7.00. The van der Waals surface area contributed by atoms with E-state index in [0.717, 1.165) is 36.8 Å². The molecule has 0 unspecified atom stereocenters. The van der Waals surface area contributed by atoms with Crippen molar-refractivity contribution >= 4 is 15.7 Å². The van der Waals surface area contributed by atoms with Crippen LogP contribution in [-0.2, 0) is 20.4 Å². The Bertz CT molecular complexity index is 575. The smallest absolute Gasteiger partial charge is 0.235 e. The third-order valence-corrected chi connectivity index (χ3v) is 5.16. The molecule has 0 aliphatic heterocycles. The highest BCUT2D eigenvalue weighted by molar-refractivity contribution is 7.91. The second kappa shape index (κ2) is 6.39. The van der Waals surface area contributed by atoms with E-state index < -0.39 is 15.6 Å². The van der Waals surface area contributed by atoms with Gasteiger partial charge in [0.15, 0.2) is 9.84 Å². The monoisotopic (exact) mass is 295 g/mol. The molecule has 110 valence electrons. The second-order valence-electron chi connectivity index (χ2n) is 5.51. The van der Waals surface area contributed by atoms with Crippen LogP contribution in [0.25, 0.3) is 0 Å². The maximum atomic E-state index is 12.1. The fourth-order valence-electron chi connectivity index (χ4n) is 2.60. The van der Waals surface area contributed by atoms with E-state index in [9.17, 15) is 13.2 Å². The molecule has 1 aromatic carbocycles. The van der Waals surface area contributed by atoms with Gasteiger partial charge in [0.1, 0.15) is 5.75 Å². The summed E-state index contributed by atoms with van der Waals surface area (Å²) < 4.78 is 24.2. The molecule has 1 aromatic rings. The largest absolute Gasteiger partial charge is 0.352 e. The average molecular weight is 295 g/mol. The summed E-state index contributed by atoms with van der Waals surface area (Å²) in [6.45, 7) is 1.88. The maximum absolute atomic E-state index is 12.1. The molecule has 4 nitrogen and oxygen atoms in total. The predicted octanol–water partition coefficient (Wildman–Crippen LogP) is 1.97. The van der Waals surface area contributed by atoms with E-state index in [2.05, 4.69) is 5.32 Å². The number of carbonyl (C=O) groups is 1. The van der Waals surface area contributed by atoms with Crippen molar-refractivity contribution in [3.8, 4) is 0 Å². The van der Waals surface area contributed by atoms with Crippen molar-refractivity contribution in [1.82, 2.24) is 5.32 Å². The lowest BCUT2D eigenvalue weighted by atomic mass is 10.1. The number of amides is 1. The van der Waals surface area contributed by atoms with E-state index in [4.69, 9.17) is 0 Å². The molecule has 0 atom stereocenters. The zero-order chi connectivity index (χ0) is 14.6. The molecular formula is C15H21NO3S. The predicted molar refractivity (Wildman–Crippen MR) is 79.1 cm³/mol. The molecule has 1 aliphatic rings. The van der Waals surface area contributed by atoms with Crippen molar-refractivity contribution in [1.29, 1.82) is 0 Å². The molecule has 0 heterocycles. The van der Waals surface area contributed by atoms with Crippen LogP contribution in [0.15, 0.2) is 24.3 Å². The molecule has 0 spiro atoms. The lowest BCUT2D eigenvalue weighted by molar-refractivity contribution is -0.119. The molecule has 0 bridgehead atoms. The van der Waals surface area contributed by atoms with Gasteiger partial charge in [0, 0.05) is 6.04 Å². The highest BCUT2D eigenvalue weighted by Gasteiger charge is 2.22. The summed E-state index contributed by atoms with van der Waals surface area (Å²) in [4.78, 5) is 11.8. The van der Waals surface area contributed by atoms with Gasteiger partial charge in [0.2, 0.25) is 5.91 Å². The number of hydrogen-bond acceptors (Lipinski definition) is 3. The number of hydrogen-bond donors (Lipinski definition) is 1. The Labute approximate surface area is 120 Å². The second-order valence-corrected chi connectivity index (χ2v) is 7.57. The van der Waals surface area contributed by atoms with Crippen LogP contribution in [0.2, 0.25) is 0 Å². The molecule has 1 fully saturated rings. The molecular weight excluding hydrogens is 274 g/mol. The van der Waals surface area contributed by atoms with E-state index in [1.54, 1.807) is 6.07 Å². The van der Waals surface area contributed by atoms with Gasteiger partial charge in [-0.3, -0.25) is 4.79 Å². The Morgan fingerprint density at radius 3 is 2.55 bits per heavy atom. The van der Waals surface area contributed by atoms with E-state index in [1.165, 1.54) is 0 Å². The van der Waals surface area contributed by atoms with Crippen molar-refractivity contribution in [2.75, 3.05) is 5.75 Å². The molecule has 20 heavy (non-hydrogen) atoms. The topological polar surface area (TPSA) is 63.2 Å². The molecule has 1 amide bonds. The van der Waals surface area contributed by atoms with Crippen LogP contribution in [0.4, 0.5) is 0 Å². The summed E-state index contributed by atoms with van der Waals surface area (Å²) in [7, 11) is -3.41. The fraction of sp³-hybridized carbons (Fsp3) is 0.533. The highest BCUT2D eigenvalue weighted by Crippen LogP contribution is 2.18. The van der Waals surface area contributed by atoms with Crippen LogP contribution in [0, 0.1) is 6.92 Å². The quantitative estimate of drug-likeness (QED) is 0.903. The lowest BCUT2D eigenvalue weighted by Crippen LogP contribution is -2.37. The van der Waals surface area contributed by atoms with Crippen LogP contribution in [0.3, 0.4) is 0 Å². The third kappa shape index (κ3) is 4.34. The highest BCUT2D eigenvalue weighted by atomic mass is 32.2. The summed E-state index contributed by atoms with van der Waals surface area (Å²) >= 11 is 0. The summed E-state index contributed by atoms with van der Waals surface area (Å²) in [6, 6.07) is 7.52. The molecule has 0 saturated heterocycles. The summed E-state index contributed by atoms with van der Waals surface area (Å²) in [5.74, 6) is -0.860. The first kappa shape index (κ1) is 15.0. The van der Waals surface area contributed by atoms with Crippen molar-refractivity contribution < 1.29 is 13.2 Å². The number of sulfone groups is 1. The lowest BCUT2D eigenvalue weighted by Gasteiger charge is -2.12. The molecule has 0 radical (unpaired) electrons. The van der Waals surface area contributed by atoms with Gasteiger partial charge in [-0.05, 0) is 30.9 Å². The molecule has 1 saturated carbocycles. The normalized spacial score (nSPS) is 16.2. The van der Waals surface area contributed by atoms with Gasteiger partial charge >= 0.3 is 0 Å². The number of rotatable bonds is 5. The Morgan fingerprint density at radius 1 is 1.25 bits per heavy atom. The minimum Gasteiger partial charge on any atom is -0.352 e. The Hall–Kier alpha value is -1.36. The van der Waals surface area contributed by atoms with Gasteiger partial charge in [-0.2, -0.15) is 0 Å². The molecule has 2 rings (SSSR count). The zero-order valence-corrected chi connectivity index (χ0v) is 12.6. The number of carbonyl (C=O) groups excluding carboxylic acids is 1. The summed E-state index contributed by atoms with van der Waals surface area (Å²) in [6.07, 6.45) is 4.15. The van der Waals surface area contributed by atoms with Gasteiger partial charge in [-0.15, -0.1) is 0 Å². The minimum atomic E-state index is -3.41. The average Bonchev–Trinajstić information content (AvgIpc) is 2.83. The Balaban J connectivity index is 1.93. The fourth-order valence-corrected chi connectivity index (χ4v) is 3.98.